The van der Waals surface area contributed by atoms with Crippen molar-refractivity contribution in [1.82, 2.24) is 5.32 Å². The number of rotatable bonds is 11. The smallest absolute Gasteiger partial charge is 0.161 e. The first kappa shape index (κ1) is 20.3. The molecule has 0 aromatic heterocycles. The molecule has 1 N–H and O–H groups in total. The molecule has 26 heavy (non-hydrogen) atoms. The van der Waals surface area contributed by atoms with Gasteiger partial charge in [-0.15, -0.1) is 0 Å². The van der Waals surface area contributed by atoms with E-state index in [0.717, 1.165) is 37.6 Å². The summed E-state index contributed by atoms with van der Waals surface area (Å²) in [6.07, 6.45) is 1.30. The van der Waals surface area contributed by atoms with E-state index in [1.54, 1.807) is 7.11 Å². The molecule has 2 rings (SSSR count). The van der Waals surface area contributed by atoms with Crippen LogP contribution in [0.25, 0.3) is 0 Å². The fourth-order valence-electron chi connectivity index (χ4n) is 2.62. The molecule has 0 saturated heterocycles. The average molecular weight is 357 g/mol. The molecular weight excluding hydrogens is 326 g/mol. The van der Waals surface area contributed by atoms with Crippen molar-refractivity contribution in [2.45, 2.75) is 46.4 Å². The minimum atomic E-state index is 0.298. The van der Waals surface area contributed by atoms with Crippen LogP contribution in [0.15, 0.2) is 42.5 Å². The number of hydrogen-bond donors (Lipinski definition) is 1. The van der Waals surface area contributed by atoms with E-state index in [1.165, 1.54) is 16.7 Å². The highest BCUT2D eigenvalue weighted by molar-refractivity contribution is 5.43. The first-order chi connectivity index (χ1) is 12.6. The highest BCUT2D eigenvalue weighted by atomic mass is 16.5. The van der Waals surface area contributed by atoms with E-state index in [4.69, 9.17) is 14.2 Å². The molecule has 4 nitrogen and oxygen atoms in total. The fraction of sp³-hybridized carbons (Fsp3) is 0.455. The Morgan fingerprint density at radius 3 is 2.58 bits per heavy atom. The van der Waals surface area contributed by atoms with Gasteiger partial charge in [0.05, 0.1) is 13.2 Å². The summed E-state index contributed by atoms with van der Waals surface area (Å²) >= 11 is 0. The summed E-state index contributed by atoms with van der Waals surface area (Å²) < 4.78 is 17.0. The first-order valence-corrected chi connectivity index (χ1v) is 9.26. The molecule has 0 radical (unpaired) electrons. The Labute approximate surface area is 157 Å². The third kappa shape index (κ3) is 6.70. The molecule has 0 atom stereocenters. The standard InChI is InChI=1S/C22H31NO3/c1-17(2)25-13-7-12-23-15-19-10-11-21(22(14-19)24-4)26-16-20-9-6-5-8-18(20)3/h5-6,8-11,14,17,23H,7,12-13,15-16H2,1-4H3. The van der Waals surface area contributed by atoms with Gasteiger partial charge in [-0.2, -0.15) is 0 Å². The van der Waals surface area contributed by atoms with E-state index in [-0.39, 0.29) is 0 Å². The quantitative estimate of drug-likeness (QED) is 0.602. The van der Waals surface area contributed by atoms with Crippen molar-refractivity contribution in [3.05, 3.63) is 59.2 Å². The van der Waals surface area contributed by atoms with Gasteiger partial charge in [0.25, 0.3) is 0 Å². The van der Waals surface area contributed by atoms with E-state index in [9.17, 15) is 0 Å². The number of aryl methyl sites for hydroxylation is 1. The van der Waals surface area contributed by atoms with Crippen molar-refractivity contribution in [2.75, 3.05) is 20.3 Å². The lowest BCUT2D eigenvalue weighted by Crippen LogP contribution is -2.17. The van der Waals surface area contributed by atoms with Gasteiger partial charge in [-0.3, -0.25) is 0 Å². The molecule has 0 saturated carbocycles. The van der Waals surface area contributed by atoms with Gasteiger partial charge in [0.2, 0.25) is 0 Å². The lowest BCUT2D eigenvalue weighted by Gasteiger charge is -2.14. The van der Waals surface area contributed by atoms with E-state index in [2.05, 4.69) is 44.3 Å². The third-order valence-corrected chi connectivity index (χ3v) is 4.15. The summed E-state index contributed by atoms with van der Waals surface area (Å²) in [6.45, 7) is 9.27. The molecule has 0 amide bonds. The Morgan fingerprint density at radius 1 is 1.04 bits per heavy atom. The molecule has 142 valence electrons. The number of benzene rings is 2. The maximum atomic E-state index is 5.97. The fourth-order valence-corrected chi connectivity index (χ4v) is 2.62. The Balaban J connectivity index is 1.83. The van der Waals surface area contributed by atoms with Gasteiger partial charge in [0.1, 0.15) is 6.61 Å². The monoisotopic (exact) mass is 357 g/mol. The molecule has 0 bridgehead atoms. The molecule has 2 aromatic rings. The van der Waals surface area contributed by atoms with Crippen molar-refractivity contribution in [2.24, 2.45) is 0 Å². The Morgan fingerprint density at radius 2 is 1.85 bits per heavy atom. The van der Waals surface area contributed by atoms with Gasteiger partial charge in [0.15, 0.2) is 11.5 Å². The van der Waals surface area contributed by atoms with Crippen molar-refractivity contribution < 1.29 is 14.2 Å². The molecule has 0 aliphatic rings. The van der Waals surface area contributed by atoms with Gasteiger partial charge < -0.3 is 19.5 Å². The van der Waals surface area contributed by atoms with Gasteiger partial charge in [0, 0.05) is 13.2 Å². The average Bonchev–Trinajstić information content (AvgIpc) is 2.64. The molecule has 4 heteroatoms. The van der Waals surface area contributed by atoms with Crippen molar-refractivity contribution in [3.8, 4) is 11.5 Å². The topological polar surface area (TPSA) is 39.7 Å². The molecule has 0 fully saturated rings. The second-order valence-electron chi connectivity index (χ2n) is 6.65. The van der Waals surface area contributed by atoms with Crippen molar-refractivity contribution >= 4 is 0 Å². The van der Waals surface area contributed by atoms with Crippen LogP contribution in [0.4, 0.5) is 0 Å². The summed E-state index contributed by atoms with van der Waals surface area (Å²) in [7, 11) is 1.68. The predicted molar refractivity (Wildman–Crippen MR) is 106 cm³/mol. The Hall–Kier alpha value is -2.04. The Kier molecular flexibility index (Phi) is 8.45. The van der Waals surface area contributed by atoms with Crippen LogP contribution in [0.3, 0.4) is 0 Å². The summed E-state index contributed by atoms with van der Waals surface area (Å²) in [5.41, 5.74) is 3.59. The van der Waals surface area contributed by atoms with Crippen LogP contribution in [-0.4, -0.2) is 26.4 Å². The van der Waals surface area contributed by atoms with Crippen molar-refractivity contribution in [3.63, 3.8) is 0 Å². The number of nitrogens with one attached hydrogen (secondary N) is 1. The zero-order chi connectivity index (χ0) is 18.8. The van der Waals surface area contributed by atoms with Crippen LogP contribution in [0, 0.1) is 6.92 Å². The maximum Gasteiger partial charge on any atom is 0.161 e. The normalized spacial score (nSPS) is 11.0. The van der Waals surface area contributed by atoms with Crippen LogP contribution in [-0.2, 0) is 17.9 Å². The summed E-state index contributed by atoms with van der Waals surface area (Å²) in [6, 6.07) is 14.3. The highest BCUT2D eigenvalue weighted by Crippen LogP contribution is 2.29. The van der Waals surface area contributed by atoms with Crippen LogP contribution >= 0.6 is 0 Å². The van der Waals surface area contributed by atoms with Gasteiger partial charge in [-0.1, -0.05) is 30.3 Å². The minimum absolute atomic E-state index is 0.298. The summed E-state index contributed by atoms with van der Waals surface area (Å²) in [5.74, 6) is 1.53. The number of methoxy groups -OCH3 is 1. The molecule has 0 unspecified atom stereocenters. The van der Waals surface area contributed by atoms with Crippen LogP contribution in [0.2, 0.25) is 0 Å². The van der Waals surface area contributed by atoms with Crippen LogP contribution < -0.4 is 14.8 Å². The molecular formula is C22H31NO3. The molecule has 0 aliphatic heterocycles. The molecule has 0 aliphatic carbocycles. The van der Waals surface area contributed by atoms with Gasteiger partial charge in [-0.25, -0.2) is 0 Å². The van der Waals surface area contributed by atoms with Crippen LogP contribution in [0.5, 0.6) is 11.5 Å². The second-order valence-corrected chi connectivity index (χ2v) is 6.65. The predicted octanol–water partition coefficient (Wildman–Crippen LogP) is 4.49. The van der Waals surface area contributed by atoms with E-state index in [1.807, 2.05) is 24.3 Å². The largest absolute Gasteiger partial charge is 0.493 e. The number of hydrogen-bond acceptors (Lipinski definition) is 4. The zero-order valence-electron chi connectivity index (χ0n) is 16.4. The summed E-state index contributed by atoms with van der Waals surface area (Å²) in [5, 5.41) is 3.44. The SMILES string of the molecule is COc1cc(CNCCCOC(C)C)ccc1OCc1ccccc1C. The first-order valence-electron chi connectivity index (χ1n) is 9.26. The minimum Gasteiger partial charge on any atom is -0.493 e. The van der Waals surface area contributed by atoms with E-state index in [0.29, 0.717) is 12.7 Å². The Bertz CT molecular complexity index is 670. The molecule has 0 spiro atoms. The highest BCUT2D eigenvalue weighted by Gasteiger charge is 2.07. The maximum absolute atomic E-state index is 5.97. The third-order valence-electron chi connectivity index (χ3n) is 4.15. The van der Waals surface area contributed by atoms with Crippen molar-refractivity contribution in [1.29, 1.82) is 0 Å². The summed E-state index contributed by atoms with van der Waals surface area (Å²) in [4.78, 5) is 0. The van der Waals surface area contributed by atoms with Gasteiger partial charge in [-0.05, 0) is 62.6 Å². The lowest BCUT2D eigenvalue weighted by molar-refractivity contribution is 0.0770. The van der Waals surface area contributed by atoms with E-state index < -0.39 is 0 Å². The number of ether oxygens (including phenoxy) is 3. The lowest BCUT2D eigenvalue weighted by atomic mass is 10.1. The van der Waals surface area contributed by atoms with Gasteiger partial charge >= 0.3 is 0 Å². The molecule has 0 heterocycles. The second kappa shape index (κ2) is 10.8. The van der Waals surface area contributed by atoms with E-state index >= 15 is 0 Å². The van der Waals surface area contributed by atoms with Crippen LogP contribution in [0.1, 0.15) is 37.0 Å². The zero-order valence-corrected chi connectivity index (χ0v) is 16.4. The molecule has 2 aromatic carbocycles.